The monoisotopic (exact) mass is 535 g/mol. The maximum absolute atomic E-state index is 13.3. The number of amides is 2. The zero-order chi connectivity index (χ0) is 26.9. The second kappa shape index (κ2) is 13.7. The van der Waals surface area contributed by atoms with Gasteiger partial charge in [0.15, 0.2) is 0 Å². The molecule has 2 amide bonds. The van der Waals surface area contributed by atoms with Crippen LogP contribution in [0.15, 0.2) is 48.5 Å². The van der Waals surface area contributed by atoms with Crippen LogP contribution in [0.5, 0.6) is 0 Å². The quantitative estimate of drug-likeness (QED) is 0.407. The Labute approximate surface area is 220 Å². The third-order valence-corrected chi connectivity index (χ3v) is 7.90. The van der Waals surface area contributed by atoms with Gasteiger partial charge >= 0.3 is 0 Å². The minimum Gasteiger partial charge on any atom is -0.352 e. The summed E-state index contributed by atoms with van der Waals surface area (Å²) in [6, 6.07) is 14.3. The summed E-state index contributed by atoms with van der Waals surface area (Å²) < 4.78 is 26.3. The van der Waals surface area contributed by atoms with Crippen LogP contribution < -0.4 is 9.62 Å². The zero-order valence-electron chi connectivity index (χ0n) is 21.8. The third-order valence-electron chi connectivity index (χ3n) is 6.31. The van der Waals surface area contributed by atoms with Crippen LogP contribution in [-0.2, 0) is 26.0 Å². The molecule has 0 aliphatic heterocycles. The molecule has 0 aliphatic carbocycles. The molecular formula is C27H38ClN3O4S. The Morgan fingerprint density at radius 3 is 2.31 bits per heavy atom. The van der Waals surface area contributed by atoms with Gasteiger partial charge in [0.1, 0.15) is 6.04 Å². The Hall–Kier alpha value is -2.58. The number of halogens is 1. The normalized spacial score (nSPS) is 13.1. The van der Waals surface area contributed by atoms with E-state index in [0.29, 0.717) is 35.7 Å². The highest BCUT2D eigenvalue weighted by Crippen LogP contribution is 2.28. The van der Waals surface area contributed by atoms with Crippen molar-refractivity contribution in [3.8, 4) is 0 Å². The molecule has 0 aliphatic rings. The molecular weight excluding hydrogens is 498 g/mol. The predicted octanol–water partition coefficient (Wildman–Crippen LogP) is 4.57. The smallest absolute Gasteiger partial charge is 0.242 e. The lowest BCUT2D eigenvalue weighted by atomic mass is 10.1. The number of nitrogens with zero attached hydrogens (tertiary/aromatic N) is 2. The molecule has 2 atom stereocenters. The molecule has 2 aromatic carbocycles. The lowest BCUT2D eigenvalue weighted by Crippen LogP contribution is -2.50. The van der Waals surface area contributed by atoms with Gasteiger partial charge in [-0.3, -0.25) is 13.9 Å². The molecule has 1 N–H and O–H groups in total. The van der Waals surface area contributed by atoms with Gasteiger partial charge in [0.25, 0.3) is 0 Å². The average Bonchev–Trinajstić information content (AvgIpc) is 2.83. The molecule has 36 heavy (non-hydrogen) atoms. The van der Waals surface area contributed by atoms with Gasteiger partial charge in [-0.1, -0.05) is 54.9 Å². The topological polar surface area (TPSA) is 86.8 Å². The van der Waals surface area contributed by atoms with Crippen LogP contribution in [0.1, 0.15) is 51.2 Å². The number of hydrogen-bond acceptors (Lipinski definition) is 4. The number of sulfonamides is 1. The fourth-order valence-electron chi connectivity index (χ4n) is 3.88. The summed E-state index contributed by atoms with van der Waals surface area (Å²) in [6.07, 6.45) is 2.97. The lowest BCUT2D eigenvalue weighted by Gasteiger charge is -2.30. The Bertz CT molecular complexity index is 1130. The van der Waals surface area contributed by atoms with E-state index in [1.54, 1.807) is 36.9 Å². The number of rotatable bonds is 13. The molecule has 0 spiro atoms. The van der Waals surface area contributed by atoms with Crippen molar-refractivity contribution in [1.82, 2.24) is 10.2 Å². The Kier molecular flexibility index (Phi) is 11.2. The van der Waals surface area contributed by atoms with E-state index in [1.807, 2.05) is 44.2 Å². The fourth-order valence-corrected chi connectivity index (χ4v) is 5.07. The lowest BCUT2D eigenvalue weighted by molar-refractivity contribution is -0.140. The summed E-state index contributed by atoms with van der Waals surface area (Å²) in [5.41, 5.74) is 2.24. The summed E-state index contributed by atoms with van der Waals surface area (Å²) in [4.78, 5) is 27.7. The van der Waals surface area contributed by atoms with E-state index in [-0.39, 0.29) is 30.8 Å². The average molecular weight is 536 g/mol. The van der Waals surface area contributed by atoms with E-state index in [1.165, 1.54) is 4.31 Å². The Balaban J connectivity index is 2.15. The summed E-state index contributed by atoms with van der Waals surface area (Å²) >= 11 is 6.21. The number of nitrogens with one attached hydrogen (secondary N) is 1. The molecule has 198 valence electrons. The molecule has 0 saturated heterocycles. The molecule has 0 aromatic heterocycles. The van der Waals surface area contributed by atoms with Crippen LogP contribution in [0.25, 0.3) is 0 Å². The van der Waals surface area contributed by atoms with E-state index in [2.05, 4.69) is 5.32 Å². The summed E-state index contributed by atoms with van der Waals surface area (Å²) in [5, 5.41) is 3.43. The number of anilines is 1. The van der Waals surface area contributed by atoms with Crippen LogP contribution in [0.4, 0.5) is 5.69 Å². The van der Waals surface area contributed by atoms with E-state index >= 15 is 0 Å². The van der Waals surface area contributed by atoms with Crippen molar-refractivity contribution in [3.05, 3.63) is 64.7 Å². The van der Waals surface area contributed by atoms with Crippen LogP contribution in [0, 0.1) is 6.92 Å². The van der Waals surface area contributed by atoms with E-state index in [0.717, 1.165) is 18.2 Å². The predicted molar refractivity (Wildman–Crippen MR) is 147 cm³/mol. The van der Waals surface area contributed by atoms with Crippen LogP contribution in [-0.4, -0.2) is 56.6 Å². The van der Waals surface area contributed by atoms with Gasteiger partial charge < -0.3 is 10.2 Å². The first-order valence-electron chi connectivity index (χ1n) is 12.3. The largest absolute Gasteiger partial charge is 0.352 e. The molecule has 0 radical (unpaired) electrons. The number of benzene rings is 2. The minimum absolute atomic E-state index is 0.00952. The molecule has 0 heterocycles. The van der Waals surface area contributed by atoms with Crippen molar-refractivity contribution in [2.24, 2.45) is 0 Å². The van der Waals surface area contributed by atoms with Crippen LogP contribution >= 0.6 is 11.6 Å². The van der Waals surface area contributed by atoms with Gasteiger partial charge in [0.05, 0.1) is 11.9 Å². The van der Waals surface area contributed by atoms with Gasteiger partial charge in [-0.25, -0.2) is 8.42 Å². The zero-order valence-corrected chi connectivity index (χ0v) is 23.4. The van der Waals surface area contributed by atoms with E-state index < -0.39 is 16.1 Å². The molecule has 0 saturated carbocycles. The first-order chi connectivity index (χ1) is 17.0. The third kappa shape index (κ3) is 8.52. The van der Waals surface area contributed by atoms with E-state index in [9.17, 15) is 18.0 Å². The number of hydrogen-bond donors (Lipinski definition) is 1. The molecule has 7 nitrogen and oxygen atoms in total. The highest BCUT2D eigenvalue weighted by atomic mass is 35.5. The van der Waals surface area contributed by atoms with Crippen molar-refractivity contribution in [3.63, 3.8) is 0 Å². The summed E-state index contributed by atoms with van der Waals surface area (Å²) in [6.45, 7) is 7.94. The molecule has 9 heteroatoms. The van der Waals surface area contributed by atoms with Gasteiger partial charge in [-0.15, -0.1) is 0 Å². The van der Waals surface area contributed by atoms with Crippen molar-refractivity contribution in [2.75, 3.05) is 23.7 Å². The second-order valence-electron chi connectivity index (χ2n) is 9.14. The maximum Gasteiger partial charge on any atom is 0.242 e. The van der Waals surface area contributed by atoms with Gasteiger partial charge in [0.2, 0.25) is 21.8 Å². The van der Waals surface area contributed by atoms with Crippen molar-refractivity contribution < 1.29 is 18.0 Å². The fraction of sp³-hybridized carbons (Fsp3) is 0.481. The Morgan fingerprint density at radius 1 is 1.03 bits per heavy atom. The Morgan fingerprint density at radius 2 is 1.69 bits per heavy atom. The highest BCUT2D eigenvalue weighted by molar-refractivity contribution is 7.92. The van der Waals surface area contributed by atoms with Crippen molar-refractivity contribution in [2.45, 2.75) is 65.5 Å². The van der Waals surface area contributed by atoms with Gasteiger partial charge in [0, 0.05) is 30.6 Å². The first-order valence-corrected chi connectivity index (χ1v) is 14.5. The van der Waals surface area contributed by atoms with Gasteiger partial charge in [-0.2, -0.15) is 0 Å². The molecule has 0 unspecified atom stereocenters. The maximum atomic E-state index is 13.3. The highest BCUT2D eigenvalue weighted by Gasteiger charge is 2.27. The number of carbonyl (C=O) groups is 2. The van der Waals surface area contributed by atoms with E-state index in [4.69, 9.17) is 11.6 Å². The van der Waals surface area contributed by atoms with Crippen LogP contribution in [0.3, 0.4) is 0 Å². The first kappa shape index (κ1) is 29.6. The van der Waals surface area contributed by atoms with Crippen molar-refractivity contribution >= 4 is 39.1 Å². The molecule has 0 bridgehead atoms. The summed E-state index contributed by atoms with van der Waals surface area (Å²) in [5.74, 6) is -0.382. The van der Waals surface area contributed by atoms with Crippen molar-refractivity contribution in [1.29, 1.82) is 0 Å². The standard InChI is InChI=1S/C27H38ClN3O4S/c1-6-20(2)29-27(33)22(4)30(19-17-23-12-8-7-9-13-23)26(32)16-11-18-31(36(5,34)35)25-15-10-14-24(28)21(25)3/h7-10,12-15,20,22H,6,11,16-19H2,1-5H3,(H,29,33)/t20-,22-/m0/s1. The number of carbonyl (C=O) groups excluding carboxylic acids is 2. The van der Waals surface area contributed by atoms with Gasteiger partial charge in [-0.05, 0) is 63.3 Å². The summed E-state index contributed by atoms with van der Waals surface area (Å²) in [7, 11) is -3.58. The molecule has 0 fully saturated rings. The molecule has 2 aromatic rings. The second-order valence-corrected chi connectivity index (χ2v) is 11.5. The SMILES string of the molecule is CC[C@H](C)NC(=O)[C@H](C)N(CCc1ccccc1)C(=O)CCCN(c1cccc(Cl)c1C)S(C)(=O)=O. The minimum atomic E-state index is -3.58. The van der Waals surface area contributed by atoms with Crippen LogP contribution in [0.2, 0.25) is 5.02 Å². The molecule has 2 rings (SSSR count).